The highest BCUT2D eigenvalue weighted by Crippen LogP contribution is 2.54. The number of β-amino-alcohol motifs (C(OH)–C–C–N with tert-alkyl or cyclic N) is 1. The number of phenols is 3. The molecule has 9 rings (SSSR count). The number of carbonyl (C=O) groups excluding carboxylic acids is 1. The number of aromatic hydroxyl groups is 3. The van der Waals surface area contributed by atoms with Gasteiger partial charge in [-0.05, 0) is 108 Å². The molecule has 13 heteroatoms. The van der Waals surface area contributed by atoms with Gasteiger partial charge in [-0.15, -0.1) is 0 Å². The Morgan fingerprint density at radius 2 is 1.80 bits per heavy atom. The lowest BCUT2D eigenvalue weighted by atomic mass is 9.67. The number of benzene rings is 5. The third-order valence-electron chi connectivity index (χ3n) is 14.1. The van der Waals surface area contributed by atoms with Gasteiger partial charge in [-0.2, -0.15) is 12.4 Å². The van der Waals surface area contributed by atoms with Crippen LogP contribution in [0.5, 0.6) is 28.7 Å². The van der Waals surface area contributed by atoms with E-state index in [1.165, 1.54) is 27.2 Å². The van der Waals surface area contributed by atoms with E-state index in [0.29, 0.717) is 41.3 Å². The first kappa shape index (κ1) is 48.4. The number of aliphatic hydroxyl groups is 2. The van der Waals surface area contributed by atoms with Crippen molar-refractivity contribution in [3.05, 3.63) is 172 Å². The molecule has 7 N–H and O–H groups in total. The molecule has 1 aromatic heterocycles. The summed E-state index contributed by atoms with van der Waals surface area (Å²) in [6, 6.07) is 26.8. The van der Waals surface area contributed by atoms with Crippen molar-refractivity contribution in [1.29, 1.82) is 0 Å². The van der Waals surface area contributed by atoms with E-state index in [4.69, 9.17) is 9.47 Å². The summed E-state index contributed by atoms with van der Waals surface area (Å²) in [6.07, 6.45) is 11.6. The second kappa shape index (κ2) is 20.4. The van der Waals surface area contributed by atoms with Gasteiger partial charge in [-0.25, -0.2) is 0 Å². The summed E-state index contributed by atoms with van der Waals surface area (Å²) < 4.78 is 12.3. The minimum atomic E-state index is -1.40. The highest BCUT2D eigenvalue weighted by atomic mass is 33.1. The zero-order valence-corrected chi connectivity index (χ0v) is 40.9. The van der Waals surface area contributed by atoms with Gasteiger partial charge in [0.05, 0.1) is 29.5 Å². The van der Waals surface area contributed by atoms with Gasteiger partial charge in [-0.3, -0.25) is 10.1 Å². The lowest BCUT2D eigenvalue weighted by Crippen LogP contribution is -2.41. The van der Waals surface area contributed by atoms with Crippen LogP contribution in [0.25, 0.3) is 10.8 Å². The van der Waals surface area contributed by atoms with E-state index >= 15 is 4.79 Å². The number of nitrogens with zero attached hydrogens (tertiary/aromatic N) is 1. The molecule has 360 valence electrons. The Kier molecular flexibility index (Phi) is 14.3. The van der Waals surface area contributed by atoms with Crippen LogP contribution in [0.15, 0.2) is 122 Å². The zero-order chi connectivity index (χ0) is 48.5. The maximum absolute atomic E-state index is 15.9. The molecular weight excluding hydrogens is 907 g/mol. The molecule has 3 aliphatic rings. The number of nitrogens with one attached hydrogen (secondary N) is 2. The summed E-state index contributed by atoms with van der Waals surface area (Å²) in [5.74, 6) is -0.469. The third kappa shape index (κ3) is 9.65. The second-order valence-electron chi connectivity index (χ2n) is 18.9. The quantitative estimate of drug-likeness (QED) is 0.0432. The van der Waals surface area contributed by atoms with Gasteiger partial charge in [0.15, 0.2) is 23.0 Å². The molecule has 2 aliphatic carbocycles. The second-order valence-corrected chi connectivity index (χ2v) is 21.4. The van der Waals surface area contributed by atoms with Gasteiger partial charge in [0.2, 0.25) is 0 Å². The highest BCUT2D eigenvalue weighted by Gasteiger charge is 2.45. The largest absolute Gasteiger partial charge is 0.670 e. The van der Waals surface area contributed by atoms with Crippen molar-refractivity contribution < 1.29 is 39.8 Å². The number of ether oxygens (including phenoxy) is 2. The fourth-order valence-electron chi connectivity index (χ4n) is 10.8. The molecule has 0 unspecified atom stereocenters. The van der Waals surface area contributed by atoms with Crippen LogP contribution in [-0.2, 0) is 36.0 Å². The number of rotatable bonds is 13. The first-order valence-corrected chi connectivity index (χ1v) is 25.9. The predicted octanol–water partition coefficient (Wildman–Crippen LogP) is 9.03. The molecule has 6 aromatic rings. The first-order valence-electron chi connectivity index (χ1n) is 23.6. The Balaban J connectivity index is 1.16. The van der Waals surface area contributed by atoms with Crippen molar-refractivity contribution in [2.24, 2.45) is 5.92 Å². The Morgan fingerprint density at radius 3 is 2.58 bits per heavy atom. The fourth-order valence-corrected chi connectivity index (χ4v) is 13.7. The van der Waals surface area contributed by atoms with E-state index < -0.39 is 34.2 Å². The average Bonchev–Trinajstić information content (AvgIpc) is 3.79. The van der Waals surface area contributed by atoms with E-state index in [9.17, 15) is 25.5 Å². The Morgan fingerprint density at radius 1 is 0.971 bits per heavy atom. The molecule has 0 radical (unpaired) electrons. The standard InChI is InChI=1S/C56H60N3O8S2/c1-5-35-10-11-36-8-6-7-9-40(36)50(35)43-14-13-41(42-15-17-45(61)53(66-4)52(42)43)44(24-33-19-21-58-29-33)47(63)26-49(64)56(38-22-34(28-57-3)23-39(60)25-38)20-18-48-51-37(27-56)12-16-46(62)54(51)67-32-59-30-55(2,65)31-68-69-48/h6-23,25,29,41,43-44,47-48,57,59-63,65H,5,24,26-28,30-32H2,1-4H3/q-1/t41-,43-,44-,47+,48-,55+,56+/m0/s1. The number of methoxy groups -OCH3 is 1. The molecule has 1 aliphatic heterocycles. The number of allylic oxidation sites excluding steroid dienone is 3. The van der Waals surface area contributed by atoms with E-state index in [1.54, 1.807) is 50.7 Å². The summed E-state index contributed by atoms with van der Waals surface area (Å²) in [7, 11) is 6.40. The maximum atomic E-state index is 15.9. The number of phenolic OH excluding ortho intramolecular Hbond substituents is 3. The monoisotopic (exact) mass is 966 g/mol. The lowest BCUT2D eigenvalue weighted by molar-refractivity contribution is -0.125. The molecule has 0 bridgehead atoms. The number of ketones is 1. The minimum Gasteiger partial charge on any atom is -0.670 e. The summed E-state index contributed by atoms with van der Waals surface area (Å²) >= 11 is 0. The van der Waals surface area contributed by atoms with Crippen LogP contribution in [0, 0.1) is 5.92 Å². The number of aliphatic hydroxyl groups excluding tert-OH is 1. The molecule has 7 atom stereocenters. The van der Waals surface area contributed by atoms with E-state index in [1.807, 2.05) is 55.6 Å². The lowest BCUT2D eigenvalue weighted by Gasteiger charge is -2.37. The predicted molar refractivity (Wildman–Crippen MR) is 275 cm³/mol. The van der Waals surface area contributed by atoms with Gasteiger partial charge in [0.25, 0.3) is 0 Å². The van der Waals surface area contributed by atoms with Crippen LogP contribution in [0.4, 0.5) is 0 Å². The number of hydrogen-bond donors (Lipinski definition) is 7. The van der Waals surface area contributed by atoms with Gasteiger partial charge in [-0.1, -0.05) is 119 Å². The van der Waals surface area contributed by atoms with Crippen molar-refractivity contribution in [2.45, 2.75) is 80.3 Å². The molecule has 0 amide bonds. The van der Waals surface area contributed by atoms with Crippen LogP contribution in [0.3, 0.4) is 0 Å². The number of carbonyl (C=O) groups is 1. The van der Waals surface area contributed by atoms with Gasteiger partial charge in [0.1, 0.15) is 18.3 Å². The SMILES string of the molecule is CCc1ccc2ccccc2c1[C@@H]1C=C[C@H]([C@H](Cc2cc[n-]c2)[C@H](O)CC(=O)[C@]2(c3cc(O)cc(CNC)c3)C=C[C@@H]3SSC[C@](C)(O)CNCOc4c(O)ccc(c43)C2)c2ccc(O)c(OC)c21. The van der Waals surface area contributed by atoms with Crippen LogP contribution in [0.2, 0.25) is 0 Å². The summed E-state index contributed by atoms with van der Waals surface area (Å²) in [5.41, 5.74) is 5.30. The van der Waals surface area contributed by atoms with Crippen LogP contribution < -0.4 is 25.1 Å². The molecule has 0 fully saturated rings. The van der Waals surface area contributed by atoms with E-state index in [-0.39, 0.29) is 55.1 Å². The molecule has 5 aromatic carbocycles. The first-order chi connectivity index (χ1) is 33.3. The van der Waals surface area contributed by atoms with Crippen molar-refractivity contribution in [3.63, 3.8) is 0 Å². The van der Waals surface area contributed by atoms with E-state index in [2.05, 4.69) is 59.0 Å². The van der Waals surface area contributed by atoms with Crippen molar-refractivity contribution >= 4 is 38.1 Å². The number of Topliss-reactive ketones (excluding diaryl/α,β-unsaturated/α-hetero) is 1. The summed E-state index contributed by atoms with van der Waals surface area (Å²) in [5, 5.41) is 66.3. The van der Waals surface area contributed by atoms with Crippen molar-refractivity contribution in [2.75, 3.05) is 33.2 Å². The van der Waals surface area contributed by atoms with Crippen LogP contribution >= 0.6 is 21.6 Å². The summed E-state index contributed by atoms with van der Waals surface area (Å²) in [6.45, 7) is 4.67. The topological polar surface area (TPSA) is 175 Å². The molecule has 69 heavy (non-hydrogen) atoms. The van der Waals surface area contributed by atoms with Crippen LogP contribution in [-0.4, -0.2) is 76.2 Å². The van der Waals surface area contributed by atoms with Gasteiger partial charge in [0, 0.05) is 48.2 Å². The van der Waals surface area contributed by atoms with Crippen LogP contribution in [0.1, 0.15) is 87.4 Å². The third-order valence-corrected chi connectivity index (χ3v) is 17.0. The number of aromatic nitrogens is 1. The Labute approximate surface area is 411 Å². The minimum absolute atomic E-state index is 0.00436. The Bertz CT molecular complexity index is 2900. The van der Waals surface area contributed by atoms with Crippen molar-refractivity contribution in [1.82, 2.24) is 15.6 Å². The molecule has 0 saturated carbocycles. The molecule has 0 saturated heterocycles. The molecule has 2 heterocycles. The number of aryl methyl sites for hydroxylation is 1. The summed E-state index contributed by atoms with van der Waals surface area (Å²) in [4.78, 5) is 20.3. The van der Waals surface area contributed by atoms with E-state index in [0.717, 1.165) is 50.6 Å². The normalized spacial score (nSPS) is 23.2. The number of hydrogen-bond acceptors (Lipinski definition) is 12. The fraction of sp³-hybridized carbons (Fsp3) is 0.339. The average molecular weight is 967 g/mol. The molecule has 11 nitrogen and oxygen atoms in total. The smallest absolute Gasteiger partial charge is 0.167 e. The zero-order valence-electron chi connectivity index (χ0n) is 39.3. The highest BCUT2D eigenvalue weighted by molar-refractivity contribution is 8.76. The molecule has 0 spiro atoms. The van der Waals surface area contributed by atoms with Gasteiger partial charge >= 0.3 is 0 Å². The maximum Gasteiger partial charge on any atom is 0.167 e. The Hall–Kier alpha value is -5.67. The number of fused-ring (bicyclic) bond motifs is 2. The van der Waals surface area contributed by atoms with Crippen molar-refractivity contribution in [3.8, 4) is 28.7 Å². The van der Waals surface area contributed by atoms with Gasteiger partial charge < -0.3 is 45.3 Å². The molecular formula is C56H60N3O8S2-.